The van der Waals surface area contributed by atoms with Crippen LogP contribution in [0.25, 0.3) is 6.08 Å². The average molecular weight is 481 g/mol. The molecule has 1 aliphatic rings. The first-order valence-corrected chi connectivity index (χ1v) is 10.2. The van der Waals surface area contributed by atoms with Crippen LogP contribution in [0.3, 0.4) is 0 Å². The normalized spacial score (nSPS) is 24.2. The lowest BCUT2D eigenvalue weighted by atomic mass is 9.97. The Morgan fingerprint density at radius 2 is 1.59 bits per heavy atom. The maximum Gasteiger partial charge on any atom is 0.339 e. The molecular formula is C22H27NO11. The number of hydrogen-bond donors (Lipinski definition) is 2. The Labute approximate surface area is 195 Å². The number of aliphatic hydroxyl groups excluding tert-OH is 1. The topological polar surface area (TPSA) is 170 Å². The van der Waals surface area contributed by atoms with Gasteiger partial charge in [-0.25, -0.2) is 4.79 Å². The van der Waals surface area contributed by atoms with Gasteiger partial charge >= 0.3 is 23.9 Å². The van der Waals surface area contributed by atoms with Crippen molar-refractivity contribution in [3.8, 4) is 5.75 Å². The van der Waals surface area contributed by atoms with Crippen LogP contribution >= 0.6 is 0 Å². The third-order valence-corrected chi connectivity index (χ3v) is 4.53. The fourth-order valence-electron chi connectivity index (χ4n) is 3.27. The lowest BCUT2D eigenvalue weighted by Crippen LogP contribution is -2.64. The summed E-state index contributed by atoms with van der Waals surface area (Å²) < 4.78 is 32.0. The van der Waals surface area contributed by atoms with Gasteiger partial charge in [-0.2, -0.15) is 0 Å². The van der Waals surface area contributed by atoms with Crippen molar-refractivity contribution in [2.24, 2.45) is 0 Å². The molecule has 186 valence electrons. The zero-order chi connectivity index (χ0) is 25.4. The quantitative estimate of drug-likeness (QED) is 0.297. The van der Waals surface area contributed by atoms with Gasteiger partial charge in [-0.15, -0.1) is 0 Å². The van der Waals surface area contributed by atoms with Gasteiger partial charge in [-0.05, 0) is 17.7 Å². The van der Waals surface area contributed by atoms with Crippen LogP contribution in [0.4, 0.5) is 5.69 Å². The molecule has 0 bridgehead atoms. The van der Waals surface area contributed by atoms with Gasteiger partial charge < -0.3 is 39.3 Å². The molecule has 1 aromatic rings. The van der Waals surface area contributed by atoms with Crippen LogP contribution in [0.5, 0.6) is 5.75 Å². The average Bonchev–Trinajstić information content (AvgIpc) is 2.76. The Bertz CT molecular complexity index is 945. The van der Waals surface area contributed by atoms with Crippen LogP contribution in [-0.4, -0.2) is 73.4 Å². The van der Waals surface area contributed by atoms with Crippen molar-refractivity contribution < 1.29 is 52.7 Å². The number of esters is 4. The molecule has 0 unspecified atom stereocenters. The minimum absolute atomic E-state index is 0.0967. The fourth-order valence-corrected chi connectivity index (χ4v) is 3.27. The van der Waals surface area contributed by atoms with E-state index in [1.165, 1.54) is 12.1 Å². The van der Waals surface area contributed by atoms with Crippen LogP contribution in [-0.2, 0) is 42.9 Å². The Balaban J connectivity index is 2.49. The summed E-state index contributed by atoms with van der Waals surface area (Å²) in [5.41, 5.74) is 6.88. The molecule has 0 aliphatic carbocycles. The number of methoxy groups -OCH3 is 1. The number of benzene rings is 1. The first kappa shape index (κ1) is 26.6. The standard InChI is InChI=1S/C22H27NO11/c1-11(25)30-17-18(31-12(2)26)20(32-13(3)27)22(34-19(17)21(28)29-4)33-16-8-7-14(6-5-9-24)10-15(16)23/h5-8,10,17-20,22,24H,9,23H2,1-4H3/t17-,18-,19-,20+,22+/m0/s1. The number of aliphatic hydroxyl groups is 1. The van der Waals surface area contributed by atoms with Crippen LogP contribution in [0.15, 0.2) is 24.3 Å². The Morgan fingerprint density at radius 1 is 1.00 bits per heavy atom. The molecule has 0 spiro atoms. The molecule has 34 heavy (non-hydrogen) atoms. The zero-order valence-electron chi connectivity index (χ0n) is 19.1. The number of hydrogen-bond acceptors (Lipinski definition) is 12. The van der Waals surface area contributed by atoms with Crippen LogP contribution in [0.1, 0.15) is 26.3 Å². The van der Waals surface area contributed by atoms with Gasteiger partial charge in [0.25, 0.3) is 0 Å². The van der Waals surface area contributed by atoms with Crippen LogP contribution in [0.2, 0.25) is 0 Å². The van der Waals surface area contributed by atoms with Crippen molar-refractivity contribution in [1.82, 2.24) is 0 Å². The highest BCUT2D eigenvalue weighted by Gasteiger charge is 2.55. The van der Waals surface area contributed by atoms with Crippen molar-refractivity contribution in [2.45, 2.75) is 51.5 Å². The van der Waals surface area contributed by atoms with E-state index in [9.17, 15) is 19.2 Å². The number of carbonyl (C=O) groups is 4. The van der Waals surface area contributed by atoms with Crippen molar-refractivity contribution in [3.63, 3.8) is 0 Å². The summed E-state index contributed by atoms with van der Waals surface area (Å²) in [7, 11) is 1.09. The van der Waals surface area contributed by atoms with E-state index in [-0.39, 0.29) is 18.0 Å². The van der Waals surface area contributed by atoms with Crippen molar-refractivity contribution >= 4 is 35.6 Å². The first-order valence-electron chi connectivity index (χ1n) is 10.2. The number of nitrogen functional groups attached to an aromatic ring is 1. The predicted molar refractivity (Wildman–Crippen MR) is 115 cm³/mol. The summed E-state index contributed by atoms with van der Waals surface area (Å²) in [6, 6.07) is 4.67. The number of nitrogens with two attached hydrogens (primary N) is 1. The summed E-state index contributed by atoms with van der Waals surface area (Å²) in [4.78, 5) is 47.8. The molecule has 2 rings (SSSR count). The molecule has 3 N–H and O–H groups in total. The predicted octanol–water partition coefficient (Wildman–Crippen LogP) is 0.346. The Kier molecular flexibility index (Phi) is 9.39. The van der Waals surface area contributed by atoms with Gasteiger partial charge in [0.2, 0.25) is 12.4 Å². The van der Waals surface area contributed by atoms with Gasteiger partial charge in [0, 0.05) is 20.8 Å². The molecule has 0 aromatic heterocycles. The third kappa shape index (κ3) is 6.93. The summed E-state index contributed by atoms with van der Waals surface area (Å²) in [5, 5.41) is 8.92. The van der Waals surface area contributed by atoms with E-state index in [0.29, 0.717) is 5.56 Å². The fraction of sp³-hybridized carbons (Fsp3) is 0.455. The molecule has 0 saturated carbocycles. The van der Waals surface area contributed by atoms with Crippen LogP contribution in [0, 0.1) is 0 Å². The third-order valence-electron chi connectivity index (χ3n) is 4.53. The van der Waals surface area contributed by atoms with Gasteiger partial charge in [0.1, 0.15) is 5.75 Å². The largest absolute Gasteiger partial charge is 0.467 e. The van der Waals surface area contributed by atoms with E-state index < -0.39 is 54.6 Å². The van der Waals surface area contributed by atoms with E-state index in [4.69, 9.17) is 39.3 Å². The first-order chi connectivity index (χ1) is 16.1. The highest BCUT2D eigenvalue weighted by Crippen LogP contribution is 2.33. The van der Waals surface area contributed by atoms with Gasteiger partial charge in [0.15, 0.2) is 18.3 Å². The monoisotopic (exact) mass is 481 g/mol. The highest BCUT2D eigenvalue weighted by atomic mass is 16.7. The van der Waals surface area contributed by atoms with E-state index >= 15 is 0 Å². The second kappa shape index (κ2) is 12.0. The lowest BCUT2D eigenvalue weighted by Gasteiger charge is -2.43. The number of anilines is 1. The minimum atomic E-state index is -1.58. The molecular weight excluding hydrogens is 454 g/mol. The second-order valence-corrected chi connectivity index (χ2v) is 7.17. The molecule has 12 nitrogen and oxygen atoms in total. The molecule has 0 amide bonds. The van der Waals surface area contributed by atoms with E-state index in [2.05, 4.69) is 0 Å². The summed E-state index contributed by atoms with van der Waals surface area (Å²) >= 11 is 0. The van der Waals surface area contributed by atoms with Crippen LogP contribution < -0.4 is 10.5 Å². The van der Waals surface area contributed by atoms with Crippen molar-refractivity contribution in [1.29, 1.82) is 0 Å². The van der Waals surface area contributed by atoms with E-state index in [0.717, 1.165) is 27.9 Å². The van der Waals surface area contributed by atoms with Crippen molar-refractivity contribution in [3.05, 3.63) is 29.8 Å². The summed E-state index contributed by atoms with van der Waals surface area (Å²) in [5.74, 6) is -3.25. The SMILES string of the molecule is COC(=O)[C@H]1O[C@@H](Oc2ccc(C=CCO)cc2N)[C@H](OC(C)=O)[C@@H](OC(C)=O)[C@@H]1OC(C)=O. The Hall–Kier alpha value is -3.64. The molecule has 5 atom stereocenters. The van der Waals surface area contributed by atoms with Gasteiger partial charge in [-0.1, -0.05) is 18.2 Å². The van der Waals surface area contributed by atoms with Gasteiger partial charge in [0.05, 0.1) is 19.4 Å². The second-order valence-electron chi connectivity index (χ2n) is 7.17. The lowest BCUT2D eigenvalue weighted by molar-refractivity contribution is -0.282. The maximum absolute atomic E-state index is 12.4. The Morgan fingerprint density at radius 3 is 2.12 bits per heavy atom. The molecule has 1 heterocycles. The summed E-state index contributed by atoms with van der Waals surface area (Å²) in [6.45, 7) is 3.11. The maximum atomic E-state index is 12.4. The van der Waals surface area contributed by atoms with Gasteiger partial charge in [-0.3, -0.25) is 14.4 Å². The zero-order valence-corrected chi connectivity index (χ0v) is 19.1. The molecule has 1 aliphatic heterocycles. The van der Waals surface area contributed by atoms with E-state index in [1.54, 1.807) is 18.2 Å². The minimum Gasteiger partial charge on any atom is -0.467 e. The van der Waals surface area contributed by atoms with E-state index in [1.807, 2.05) is 0 Å². The highest BCUT2D eigenvalue weighted by molar-refractivity contribution is 5.77. The number of carbonyl (C=O) groups excluding carboxylic acids is 4. The van der Waals surface area contributed by atoms with Crippen molar-refractivity contribution in [2.75, 3.05) is 19.5 Å². The molecule has 1 saturated heterocycles. The molecule has 1 fully saturated rings. The number of rotatable bonds is 8. The molecule has 12 heteroatoms. The smallest absolute Gasteiger partial charge is 0.339 e. The number of ether oxygens (including phenoxy) is 6. The summed E-state index contributed by atoms with van der Waals surface area (Å²) in [6.07, 6.45) is -4.36. The molecule has 0 radical (unpaired) electrons. The molecule has 1 aromatic carbocycles.